The molecule has 11 rings (SSSR count). The van der Waals surface area contributed by atoms with Gasteiger partial charge in [0.2, 0.25) is 0 Å². The monoisotopic (exact) mass is 778 g/mol. The molecule has 2 aromatic heterocycles. The summed E-state index contributed by atoms with van der Waals surface area (Å²) >= 11 is 0. The Morgan fingerprint density at radius 2 is 0.787 bits per heavy atom. The van der Waals surface area contributed by atoms with Gasteiger partial charge in [-0.25, -0.2) is 14.6 Å². The molecule has 0 aliphatic heterocycles. The molecule has 0 unspecified atom stereocenters. The van der Waals surface area contributed by atoms with Crippen LogP contribution in [0.25, 0.3) is 106 Å². The average Bonchev–Trinajstić information content (AvgIpc) is 3.76. The van der Waals surface area contributed by atoms with Gasteiger partial charge in [-0.15, -0.1) is 0 Å². The Hall–Kier alpha value is -8.21. The molecule has 9 aromatic carbocycles. The van der Waals surface area contributed by atoms with E-state index in [4.69, 9.17) is 15.1 Å². The van der Waals surface area contributed by atoms with Gasteiger partial charge >= 0.3 is 0 Å². The van der Waals surface area contributed by atoms with E-state index in [1.165, 1.54) is 0 Å². The van der Waals surface area contributed by atoms with Crippen molar-refractivity contribution in [1.29, 1.82) is 0 Å². The molecule has 4 heteroatoms. The lowest BCUT2D eigenvalue weighted by Gasteiger charge is -2.19. The van der Waals surface area contributed by atoms with Gasteiger partial charge in [-0.1, -0.05) is 200 Å². The zero-order valence-electron chi connectivity index (χ0n) is 33.2. The van der Waals surface area contributed by atoms with Crippen molar-refractivity contribution in [2.45, 2.75) is 0 Å². The fraction of sp³-hybridized carbons (Fsp3) is 0. The lowest BCUT2D eigenvalue weighted by Crippen LogP contribution is -1.98. The molecule has 0 N–H and O–H groups in total. The fourth-order valence-corrected chi connectivity index (χ4v) is 8.60. The number of fused-ring (bicyclic) bond motifs is 3. The smallest absolute Gasteiger partial charge is 0.160 e. The summed E-state index contributed by atoms with van der Waals surface area (Å²) in [5.74, 6) is 0.678. The van der Waals surface area contributed by atoms with E-state index in [-0.39, 0.29) is 0 Å². The molecule has 0 aliphatic carbocycles. The minimum atomic E-state index is 0.678. The second-order valence-corrected chi connectivity index (χ2v) is 15.2. The number of rotatable bonds is 8. The quantitative estimate of drug-likeness (QED) is 0.154. The lowest BCUT2D eigenvalue weighted by molar-refractivity contribution is 0.918. The van der Waals surface area contributed by atoms with Gasteiger partial charge in [-0.05, 0) is 63.5 Å². The summed E-state index contributed by atoms with van der Waals surface area (Å²) in [5.41, 5.74) is 15.6. The number of benzene rings is 9. The van der Waals surface area contributed by atoms with Crippen molar-refractivity contribution in [3.8, 4) is 84.2 Å². The first kappa shape index (κ1) is 35.9. The second-order valence-electron chi connectivity index (χ2n) is 15.2. The van der Waals surface area contributed by atoms with Crippen molar-refractivity contribution >= 4 is 21.7 Å². The van der Waals surface area contributed by atoms with Gasteiger partial charge < -0.3 is 0 Å². The van der Waals surface area contributed by atoms with Gasteiger partial charge in [-0.3, -0.25) is 0 Å². The van der Waals surface area contributed by atoms with E-state index in [0.717, 1.165) is 100 Å². The average molecular weight is 779 g/mol. The van der Waals surface area contributed by atoms with Crippen molar-refractivity contribution in [2.75, 3.05) is 0 Å². The maximum atomic E-state index is 5.47. The fourth-order valence-electron chi connectivity index (χ4n) is 8.60. The molecule has 0 atom stereocenters. The number of hydrogen-bond acceptors (Lipinski definition) is 3. The molecule has 2 heterocycles. The SMILES string of the molecule is c1ccc(-c2cccc(-c3nc(-c4ccccc4)cc(-c4cccc(-c5c(-c6ccccc6)c6c(-c7ccccc7)nn(-c7ccccc7)c6c6ccccc56)c4)n3)c2)cc1. The van der Waals surface area contributed by atoms with E-state index in [0.29, 0.717) is 5.82 Å². The van der Waals surface area contributed by atoms with Crippen LogP contribution in [0.3, 0.4) is 0 Å². The first-order chi connectivity index (χ1) is 30.3. The Balaban J connectivity index is 1.18. The third kappa shape index (κ3) is 6.67. The highest BCUT2D eigenvalue weighted by molar-refractivity contribution is 6.24. The van der Waals surface area contributed by atoms with Crippen LogP contribution in [0, 0.1) is 0 Å². The summed E-state index contributed by atoms with van der Waals surface area (Å²) in [6, 6.07) is 80.9. The zero-order chi connectivity index (χ0) is 40.5. The van der Waals surface area contributed by atoms with E-state index < -0.39 is 0 Å². The molecule has 4 nitrogen and oxygen atoms in total. The molecular weight excluding hydrogens is 741 g/mol. The Bertz CT molecular complexity index is 3320. The van der Waals surface area contributed by atoms with Crippen LogP contribution in [0.15, 0.2) is 231 Å². The largest absolute Gasteiger partial charge is 0.232 e. The van der Waals surface area contributed by atoms with Gasteiger partial charge in [-0.2, -0.15) is 5.10 Å². The minimum absolute atomic E-state index is 0.678. The molecular formula is C57H38N4. The van der Waals surface area contributed by atoms with Crippen LogP contribution in [0.1, 0.15) is 0 Å². The highest BCUT2D eigenvalue weighted by Gasteiger charge is 2.26. The highest BCUT2D eigenvalue weighted by atomic mass is 15.3. The topological polar surface area (TPSA) is 43.6 Å². The van der Waals surface area contributed by atoms with E-state index in [9.17, 15) is 0 Å². The Labute approximate surface area is 354 Å². The van der Waals surface area contributed by atoms with E-state index in [1.807, 2.05) is 12.1 Å². The van der Waals surface area contributed by atoms with Crippen molar-refractivity contribution in [3.63, 3.8) is 0 Å². The summed E-state index contributed by atoms with van der Waals surface area (Å²) in [6.07, 6.45) is 0. The molecule has 11 aromatic rings. The standard InChI is InChI=1S/C57H38N4/c1-6-20-39(21-7-1)43-28-18-31-46(36-43)57-58-50(40-22-8-2-9-23-40)38-51(59-57)44-29-19-30-45(37-44)52-48-34-16-17-35-49(48)56-54(53(52)41-24-10-3-11-25-41)55(42-26-12-4-13-27-42)60-61(56)47-32-14-5-15-33-47/h1-38H. The molecule has 0 aliphatic rings. The molecule has 286 valence electrons. The van der Waals surface area contributed by atoms with Gasteiger partial charge in [0.05, 0.1) is 22.6 Å². The predicted octanol–water partition coefficient (Wildman–Crippen LogP) is 14.6. The minimum Gasteiger partial charge on any atom is -0.232 e. The molecule has 61 heavy (non-hydrogen) atoms. The van der Waals surface area contributed by atoms with E-state index in [1.54, 1.807) is 0 Å². The summed E-state index contributed by atoms with van der Waals surface area (Å²) in [4.78, 5) is 10.5. The van der Waals surface area contributed by atoms with Crippen molar-refractivity contribution in [2.24, 2.45) is 0 Å². The number of hydrogen-bond donors (Lipinski definition) is 0. The Kier molecular flexibility index (Phi) is 9.14. The molecule has 0 saturated carbocycles. The van der Waals surface area contributed by atoms with Crippen LogP contribution in [0.5, 0.6) is 0 Å². The Morgan fingerprint density at radius 1 is 0.311 bits per heavy atom. The second kappa shape index (κ2) is 15.5. The lowest BCUT2D eigenvalue weighted by atomic mass is 9.85. The number of aromatic nitrogens is 4. The van der Waals surface area contributed by atoms with Crippen LogP contribution in [0.4, 0.5) is 0 Å². The van der Waals surface area contributed by atoms with E-state index >= 15 is 0 Å². The molecule has 0 radical (unpaired) electrons. The Morgan fingerprint density at radius 3 is 1.46 bits per heavy atom. The van der Waals surface area contributed by atoms with Gasteiger partial charge in [0.15, 0.2) is 5.82 Å². The van der Waals surface area contributed by atoms with Crippen LogP contribution in [-0.4, -0.2) is 19.7 Å². The number of nitrogens with zero attached hydrogens (tertiary/aromatic N) is 4. The maximum absolute atomic E-state index is 5.47. The predicted molar refractivity (Wildman–Crippen MR) is 252 cm³/mol. The maximum Gasteiger partial charge on any atom is 0.160 e. The summed E-state index contributed by atoms with van der Waals surface area (Å²) in [6.45, 7) is 0. The van der Waals surface area contributed by atoms with Crippen LogP contribution in [-0.2, 0) is 0 Å². The molecule has 0 fully saturated rings. The van der Waals surface area contributed by atoms with E-state index in [2.05, 4.69) is 223 Å². The van der Waals surface area contributed by atoms with Gasteiger partial charge in [0, 0.05) is 38.6 Å². The third-order valence-corrected chi connectivity index (χ3v) is 11.4. The zero-order valence-corrected chi connectivity index (χ0v) is 33.2. The normalized spacial score (nSPS) is 11.3. The molecule has 0 spiro atoms. The van der Waals surface area contributed by atoms with Crippen molar-refractivity contribution < 1.29 is 0 Å². The summed E-state index contributed by atoms with van der Waals surface area (Å²) in [5, 5.41) is 8.85. The molecule has 0 saturated heterocycles. The number of para-hydroxylation sites is 1. The molecule has 0 bridgehead atoms. The van der Waals surface area contributed by atoms with Gasteiger partial charge in [0.25, 0.3) is 0 Å². The molecule has 0 amide bonds. The third-order valence-electron chi connectivity index (χ3n) is 11.4. The first-order valence-electron chi connectivity index (χ1n) is 20.6. The van der Waals surface area contributed by atoms with Crippen LogP contribution >= 0.6 is 0 Å². The van der Waals surface area contributed by atoms with Crippen molar-refractivity contribution in [1.82, 2.24) is 19.7 Å². The van der Waals surface area contributed by atoms with Crippen LogP contribution < -0.4 is 0 Å². The van der Waals surface area contributed by atoms with Crippen LogP contribution in [0.2, 0.25) is 0 Å². The summed E-state index contributed by atoms with van der Waals surface area (Å²) in [7, 11) is 0. The van der Waals surface area contributed by atoms with Crippen molar-refractivity contribution in [3.05, 3.63) is 231 Å². The van der Waals surface area contributed by atoms with Gasteiger partial charge in [0.1, 0.15) is 5.69 Å². The summed E-state index contributed by atoms with van der Waals surface area (Å²) < 4.78 is 2.13. The highest BCUT2D eigenvalue weighted by Crippen LogP contribution is 2.48. The first-order valence-corrected chi connectivity index (χ1v) is 20.6.